The smallest absolute Gasteiger partial charge is 0.287 e. The van der Waals surface area contributed by atoms with Gasteiger partial charge in [-0.3, -0.25) is 14.4 Å². The second kappa shape index (κ2) is 22.0. The molecule has 0 radical (unpaired) electrons. The summed E-state index contributed by atoms with van der Waals surface area (Å²) < 4.78 is 17.4. The first-order valence-corrected chi connectivity index (χ1v) is 25.2. The first-order valence-electron chi connectivity index (χ1n) is 25.2. The largest absolute Gasteiger partial charge is 0.451 e. The summed E-state index contributed by atoms with van der Waals surface area (Å²) in [5, 5.41) is 12.6. The normalized spacial score (nSPS) is 19.6. The number of amides is 3. The van der Waals surface area contributed by atoms with Crippen LogP contribution in [0.25, 0.3) is 32.9 Å². The lowest BCUT2D eigenvalue weighted by molar-refractivity contribution is 0.0836. The summed E-state index contributed by atoms with van der Waals surface area (Å²) in [7, 11) is 0. The van der Waals surface area contributed by atoms with Gasteiger partial charge < -0.3 is 29.2 Å². The van der Waals surface area contributed by atoms with Crippen LogP contribution in [0.1, 0.15) is 188 Å². The molecule has 3 aromatic heterocycles. The van der Waals surface area contributed by atoms with Gasteiger partial charge in [-0.2, -0.15) is 0 Å². The van der Waals surface area contributed by atoms with Crippen LogP contribution in [0.15, 0.2) is 80.0 Å². The van der Waals surface area contributed by atoms with Crippen molar-refractivity contribution in [2.75, 3.05) is 0 Å². The first kappa shape index (κ1) is 49.3. The van der Waals surface area contributed by atoms with Crippen LogP contribution in [0.2, 0.25) is 0 Å². The van der Waals surface area contributed by atoms with Crippen LogP contribution in [-0.2, 0) is 0 Å². The highest BCUT2D eigenvalue weighted by Gasteiger charge is 2.37. The van der Waals surface area contributed by atoms with Crippen molar-refractivity contribution in [2.45, 2.75) is 182 Å². The summed E-state index contributed by atoms with van der Waals surface area (Å²) >= 11 is 0. The van der Waals surface area contributed by atoms with Crippen LogP contribution in [0.5, 0.6) is 0 Å². The van der Waals surface area contributed by atoms with Gasteiger partial charge in [-0.05, 0) is 169 Å². The fraction of sp³-hybridized carbons (Fsp3) is 0.500. The zero-order valence-corrected chi connectivity index (χ0v) is 41.6. The van der Waals surface area contributed by atoms with E-state index < -0.39 is 0 Å². The summed E-state index contributed by atoms with van der Waals surface area (Å²) in [5.74, 6) is 1.55. The van der Waals surface area contributed by atoms with Crippen LogP contribution < -0.4 is 16.0 Å². The molecular formula is C58H75N3O6. The number of furan rings is 3. The third kappa shape index (κ3) is 12.7. The summed E-state index contributed by atoms with van der Waals surface area (Å²) in [6.45, 7) is 20.8. The number of fused-ring (bicyclic) bond motifs is 3. The molecule has 3 aromatic carbocycles. The minimum atomic E-state index is -0.199. The van der Waals surface area contributed by atoms with Crippen molar-refractivity contribution in [1.29, 1.82) is 0 Å². The summed E-state index contributed by atoms with van der Waals surface area (Å²) in [5.41, 5.74) is 10.3. The Morgan fingerprint density at radius 3 is 1.27 bits per heavy atom. The van der Waals surface area contributed by atoms with Gasteiger partial charge >= 0.3 is 0 Å². The number of hydrogen-bond acceptors (Lipinski definition) is 6. The molecule has 358 valence electrons. The SMILES string of the molecule is C=C1CC(C)CC(CC)(NC(=O)c2cc3c(C)cc(C)cc3o2)C1.Cc1cc(C)c2cc(C(=O)NC3CCCCCC3)oc2c1.Cc1cc(C)c2cc(C(=O)NC3CCCCCCC3)oc2c1. The molecule has 0 spiro atoms. The van der Waals surface area contributed by atoms with Crippen LogP contribution in [0.3, 0.4) is 0 Å². The average Bonchev–Trinajstić information content (AvgIpc) is 3.96. The van der Waals surface area contributed by atoms with E-state index >= 15 is 0 Å². The molecule has 2 unspecified atom stereocenters. The molecule has 3 aliphatic carbocycles. The molecule has 0 aliphatic heterocycles. The number of aryl methyl sites for hydroxylation is 6. The highest BCUT2D eigenvalue weighted by Crippen LogP contribution is 2.38. The van der Waals surface area contributed by atoms with Crippen LogP contribution in [-0.4, -0.2) is 35.3 Å². The molecule has 6 aromatic rings. The van der Waals surface area contributed by atoms with Gasteiger partial charge in [0.2, 0.25) is 0 Å². The molecule has 3 saturated carbocycles. The maximum absolute atomic E-state index is 12.8. The summed E-state index contributed by atoms with van der Waals surface area (Å²) in [6.07, 6.45) is 19.5. The van der Waals surface area contributed by atoms with E-state index in [1.807, 2.05) is 64.1 Å². The van der Waals surface area contributed by atoms with Crippen molar-refractivity contribution in [3.8, 4) is 0 Å². The van der Waals surface area contributed by atoms with Gasteiger partial charge in [0.25, 0.3) is 17.7 Å². The molecule has 9 rings (SSSR count). The molecule has 3 fully saturated rings. The molecule has 9 heteroatoms. The quantitative estimate of drug-likeness (QED) is 0.108. The van der Waals surface area contributed by atoms with E-state index in [0.29, 0.717) is 35.3 Å². The van der Waals surface area contributed by atoms with Gasteiger partial charge in [0.1, 0.15) is 16.7 Å². The number of nitrogens with one attached hydrogen (secondary N) is 3. The predicted molar refractivity (Wildman–Crippen MR) is 272 cm³/mol. The third-order valence-electron chi connectivity index (χ3n) is 14.3. The fourth-order valence-electron chi connectivity index (χ4n) is 10.9. The molecule has 3 aliphatic rings. The van der Waals surface area contributed by atoms with E-state index in [1.165, 1.54) is 63.4 Å². The predicted octanol–water partition coefficient (Wildman–Crippen LogP) is 14.7. The molecule has 67 heavy (non-hydrogen) atoms. The Labute approximate surface area is 398 Å². The third-order valence-corrected chi connectivity index (χ3v) is 14.3. The second-order valence-corrected chi connectivity index (χ2v) is 20.5. The Bertz CT molecular complexity index is 2700. The van der Waals surface area contributed by atoms with E-state index in [9.17, 15) is 14.4 Å². The Kier molecular flexibility index (Phi) is 16.2. The van der Waals surface area contributed by atoms with Gasteiger partial charge in [-0.1, -0.05) is 102 Å². The maximum atomic E-state index is 12.8. The Balaban J connectivity index is 0.000000149. The number of rotatable bonds is 7. The van der Waals surface area contributed by atoms with Crippen molar-refractivity contribution < 1.29 is 27.6 Å². The monoisotopic (exact) mass is 910 g/mol. The lowest BCUT2D eigenvalue weighted by atomic mass is 9.73. The molecule has 0 bridgehead atoms. The van der Waals surface area contributed by atoms with E-state index in [1.54, 1.807) is 0 Å². The Morgan fingerprint density at radius 2 is 0.910 bits per heavy atom. The van der Waals surface area contributed by atoms with Gasteiger partial charge in [-0.25, -0.2) is 0 Å². The van der Waals surface area contributed by atoms with Crippen molar-refractivity contribution in [1.82, 2.24) is 16.0 Å². The van der Waals surface area contributed by atoms with Crippen molar-refractivity contribution >= 4 is 50.6 Å². The number of carbonyl (C=O) groups is 3. The van der Waals surface area contributed by atoms with Gasteiger partial charge in [0.05, 0.1) is 0 Å². The fourth-order valence-corrected chi connectivity index (χ4v) is 10.9. The zero-order valence-electron chi connectivity index (χ0n) is 41.6. The first-order chi connectivity index (χ1) is 32.1. The minimum absolute atomic E-state index is 0.0705. The minimum Gasteiger partial charge on any atom is -0.451 e. The molecule has 3 amide bonds. The highest BCUT2D eigenvalue weighted by molar-refractivity contribution is 5.99. The van der Waals surface area contributed by atoms with Gasteiger partial charge in [0, 0.05) is 33.8 Å². The average molecular weight is 910 g/mol. The molecular weight excluding hydrogens is 835 g/mol. The van der Waals surface area contributed by atoms with Gasteiger partial charge in [-0.15, -0.1) is 0 Å². The summed E-state index contributed by atoms with van der Waals surface area (Å²) in [4.78, 5) is 37.7. The standard InChI is InChI=1S/C21H27NO2.C19H25NO2.C18H23NO2/c1-6-21(11-14(3)7-15(4)12-21)22-20(23)19-10-17-16(5)8-13(2)9-18(17)24-19;1-13-10-14(2)16-12-18(22-17(16)11-13)19(21)20-15-8-6-4-3-5-7-9-15;1-12-9-13(2)15-11-17(21-16(15)10-12)18(20)19-14-7-5-3-4-6-8-14/h8-10,15H,3,6-7,11-12H2,1-2,4-5H3,(H,22,23);10-12,15H,3-9H2,1-2H3,(H,20,21);9-11,14H,3-8H2,1-2H3,(H,19,20). The molecule has 2 atom stereocenters. The topological polar surface area (TPSA) is 127 Å². The molecule has 3 N–H and O–H groups in total. The van der Waals surface area contributed by atoms with Crippen LogP contribution >= 0.6 is 0 Å². The molecule has 3 heterocycles. The van der Waals surface area contributed by atoms with Gasteiger partial charge in [0.15, 0.2) is 17.3 Å². The zero-order chi connectivity index (χ0) is 47.8. The van der Waals surface area contributed by atoms with Crippen molar-refractivity contribution in [2.24, 2.45) is 5.92 Å². The van der Waals surface area contributed by atoms with Crippen molar-refractivity contribution in [3.63, 3.8) is 0 Å². The highest BCUT2D eigenvalue weighted by atomic mass is 16.4. The van der Waals surface area contributed by atoms with E-state index in [0.717, 1.165) is 118 Å². The van der Waals surface area contributed by atoms with E-state index in [2.05, 4.69) is 68.4 Å². The van der Waals surface area contributed by atoms with E-state index in [4.69, 9.17) is 13.3 Å². The second-order valence-electron chi connectivity index (χ2n) is 20.5. The lowest BCUT2D eigenvalue weighted by Gasteiger charge is -2.41. The number of benzene rings is 3. The van der Waals surface area contributed by atoms with Crippen LogP contribution in [0.4, 0.5) is 0 Å². The lowest BCUT2D eigenvalue weighted by Crippen LogP contribution is -2.51. The van der Waals surface area contributed by atoms with Crippen LogP contribution in [0, 0.1) is 47.5 Å². The molecule has 0 saturated heterocycles. The maximum Gasteiger partial charge on any atom is 0.287 e. The number of hydrogen-bond donors (Lipinski definition) is 3. The number of carbonyl (C=O) groups excluding carboxylic acids is 3. The Morgan fingerprint density at radius 1 is 0.552 bits per heavy atom. The Hall–Kier alpha value is -5.57. The summed E-state index contributed by atoms with van der Waals surface area (Å²) in [6, 6.07) is 18.5. The van der Waals surface area contributed by atoms with Crippen molar-refractivity contribution in [3.05, 3.63) is 117 Å². The van der Waals surface area contributed by atoms with E-state index in [-0.39, 0.29) is 23.3 Å². The molecule has 9 nitrogen and oxygen atoms in total.